The van der Waals surface area contributed by atoms with Gasteiger partial charge in [0.25, 0.3) is 0 Å². The van der Waals surface area contributed by atoms with Gasteiger partial charge in [0, 0.05) is 32.2 Å². The van der Waals surface area contributed by atoms with E-state index in [-0.39, 0.29) is 6.04 Å². The largest absolute Gasteiger partial charge is 0.338 e. The van der Waals surface area contributed by atoms with E-state index in [1.54, 1.807) is 11.3 Å². The van der Waals surface area contributed by atoms with Gasteiger partial charge in [-0.1, -0.05) is 11.2 Å². The van der Waals surface area contributed by atoms with Crippen LogP contribution in [0.1, 0.15) is 12.3 Å². The molecule has 2 aliphatic rings. The van der Waals surface area contributed by atoms with E-state index in [0.717, 1.165) is 37.5 Å². The van der Waals surface area contributed by atoms with E-state index < -0.39 is 9.84 Å². The molecule has 7 nitrogen and oxygen atoms in total. The molecule has 2 aromatic rings. The van der Waals surface area contributed by atoms with Crippen molar-refractivity contribution in [3.8, 4) is 10.7 Å². The van der Waals surface area contributed by atoms with E-state index in [1.165, 1.54) is 0 Å². The van der Waals surface area contributed by atoms with Gasteiger partial charge in [0.1, 0.15) is 0 Å². The van der Waals surface area contributed by atoms with Crippen molar-refractivity contribution in [1.82, 2.24) is 19.9 Å². The summed E-state index contributed by atoms with van der Waals surface area (Å²) in [5.41, 5.74) is 0. The van der Waals surface area contributed by atoms with Crippen molar-refractivity contribution in [3.63, 3.8) is 0 Å². The quantitative estimate of drug-likeness (QED) is 0.799. The highest BCUT2D eigenvalue weighted by Crippen LogP contribution is 2.22. The molecule has 0 aliphatic carbocycles. The molecular formula is C15H20N4O3S2. The van der Waals surface area contributed by atoms with Crippen LogP contribution in [-0.2, 0) is 16.4 Å². The predicted molar refractivity (Wildman–Crippen MR) is 91.5 cm³/mol. The number of nitrogens with zero attached hydrogens (tertiary/aromatic N) is 4. The third kappa shape index (κ3) is 3.53. The molecule has 0 saturated carbocycles. The predicted octanol–water partition coefficient (Wildman–Crippen LogP) is 1.10. The Hall–Kier alpha value is -1.29. The Bertz CT molecular complexity index is 780. The number of aromatic nitrogens is 2. The first-order chi connectivity index (χ1) is 11.6. The molecule has 4 heterocycles. The van der Waals surface area contributed by atoms with Gasteiger partial charge in [-0.3, -0.25) is 9.80 Å². The van der Waals surface area contributed by atoms with Crippen LogP contribution in [0.25, 0.3) is 10.7 Å². The highest BCUT2D eigenvalue weighted by atomic mass is 32.2. The van der Waals surface area contributed by atoms with Crippen LogP contribution < -0.4 is 0 Å². The smallest absolute Gasteiger partial charge is 0.241 e. The van der Waals surface area contributed by atoms with Crippen LogP contribution in [0.2, 0.25) is 0 Å². The maximum Gasteiger partial charge on any atom is 0.241 e. The monoisotopic (exact) mass is 368 g/mol. The van der Waals surface area contributed by atoms with E-state index >= 15 is 0 Å². The third-order valence-electron chi connectivity index (χ3n) is 4.70. The van der Waals surface area contributed by atoms with Crippen molar-refractivity contribution in [2.45, 2.75) is 19.0 Å². The minimum atomic E-state index is -2.81. The zero-order valence-electron chi connectivity index (χ0n) is 13.3. The van der Waals surface area contributed by atoms with Crippen molar-refractivity contribution in [2.75, 3.05) is 37.7 Å². The Morgan fingerprint density at radius 1 is 1.29 bits per heavy atom. The molecule has 0 amide bonds. The molecule has 4 rings (SSSR count). The topological polar surface area (TPSA) is 79.5 Å². The van der Waals surface area contributed by atoms with Crippen LogP contribution in [0.5, 0.6) is 0 Å². The molecule has 1 unspecified atom stereocenters. The third-order valence-corrected chi connectivity index (χ3v) is 7.32. The molecule has 130 valence electrons. The van der Waals surface area contributed by atoms with Crippen molar-refractivity contribution < 1.29 is 12.9 Å². The maximum absolute atomic E-state index is 11.6. The second-order valence-electron chi connectivity index (χ2n) is 6.36. The lowest BCUT2D eigenvalue weighted by molar-refractivity contribution is 0.0926. The van der Waals surface area contributed by atoms with Crippen molar-refractivity contribution >= 4 is 21.2 Å². The standard InChI is InChI=1S/C15H20N4O3S2/c20-24(21)9-3-12(11-24)19-6-4-18(5-7-19)10-14-16-15(17-22-14)13-2-1-8-23-13/h1-2,8,12H,3-7,9-11H2. The van der Waals surface area contributed by atoms with Gasteiger partial charge in [-0.25, -0.2) is 8.42 Å². The highest BCUT2D eigenvalue weighted by Gasteiger charge is 2.33. The number of hydrogen-bond acceptors (Lipinski definition) is 8. The summed E-state index contributed by atoms with van der Waals surface area (Å²) < 4.78 is 28.6. The summed E-state index contributed by atoms with van der Waals surface area (Å²) in [4.78, 5) is 10.1. The number of sulfone groups is 1. The summed E-state index contributed by atoms with van der Waals surface area (Å²) in [6.07, 6.45) is 0.774. The van der Waals surface area contributed by atoms with Crippen molar-refractivity contribution in [3.05, 3.63) is 23.4 Å². The van der Waals surface area contributed by atoms with E-state index in [9.17, 15) is 8.42 Å². The number of thiophene rings is 1. The Labute approximate surface area is 145 Å². The van der Waals surface area contributed by atoms with E-state index in [1.807, 2.05) is 17.5 Å². The zero-order valence-corrected chi connectivity index (χ0v) is 14.9. The highest BCUT2D eigenvalue weighted by molar-refractivity contribution is 7.91. The first kappa shape index (κ1) is 16.2. The second-order valence-corrected chi connectivity index (χ2v) is 9.53. The van der Waals surface area contributed by atoms with Crippen LogP contribution in [0.4, 0.5) is 0 Å². The lowest BCUT2D eigenvalue weighted by atomic mass is 10.2. The molecule has 0 aromatic carbocycles. The molecule has 0 radical (unpaired) electrons. The van der Waals surface area contributed by atoms with Crippen LogP contribution in [0.15, 0.2) is 22.0 Å². The summed E-state index contributed by atoms with van der Waals surface area (Å²) in [5.74, 6) is 1.94. The van der Waals surface area contributed by atoms with Gasteiger partial charge in [0.15, 0.2) is 9.84 Å². The zero-order chi connectivity index (χ0) is 16.6. The normalized spacial score (nSPS) is 25.2. The fraction of sp³-hybridized carbons (Fsp3) is 0.600. The lowest BCUT2D eigenvalue weighted by Crippen LogP contribution is -2.50. The SMILES string of the molecule is O=S1(=O)CCC(N2CCN(Cc3nc(-c4cccs4)no3)CC2)C1. The molecule has 2 aliphatic heterocycles. The number of piperazine rings is 1. The van der Waals surface area contributed by atoms with Gasteiger partial charge in [-0.2, -0.15) is 4.98 Å². The molecule has 2 saturated heterocycles. The summed E-state index contributed by atoms with van der Waals surface area (Å²) in [6, 6.07) is 4.15. The van der Waals surface area contributed by atoms with E-state index in [0.29, 0.717) is 29.8 Å². The molecule has 2 fully saturated rings. The fourth-order valence-electron chi connectivity index (χ4n) is 3.37. The average Bonchev–Trinajstić information content (AvgIpc) is 3.28. The molecule has 1 atom stereocenters. The van der Waals surface area contributed by atoms with Gasteiger partial charge < -0.3 is 4.52 Å². The van der Waals surface area contributed by atoms with Gasteiger partial charge >= 0.3 is 0 Å². The number of rotatable bonds is 4. The van der Waals surface area contributed by atoms with Gasteiger partial charge in [0.2, 0.25) is 11.7 Å². The summed E-state index contributed by atoms with van der Waals surface area (Å²) in [5, 5.41) is 6.03. The van der Waals surface area contributed by atoms with Crippen LogP contribution >= 0.6 is 11.3 Å². The first-order valence-corrected chi connectivity index (χ1v) is 10.8. The van der Waals surface area contributed by atoms with Crippen LogP contribution in [0, 0.1) is 0 Å². The van der Waals surface area contributed by atoms with E-state index in [4.69, 9.17) is 4.52 Å². The van der Waals surface area contributed by atoms with Gasteiger partial charge in [0.05, 0.1) is 22.9 Å². The molecule has 2 aromatic heterocycles. The summed E-state index contributed by atoms with van der Waals surface area (Å²) in [7, 11) is -2.81. The summed E-state index contributed by atoms with van der Waals surface area (Å²) >= 11 is 1.60. The minimum absolute atomic E-state index is 0.200. The molecule has 0 spiro atoms. The van der Waals surface area contributed by atoms with Crippen LogP contribution in [-0.4, -0.2) is 72.1 Å². The fourth-order valence-corrected chi connectivity index (χ4v) is 5.78. The Morgan fingerprint density at radius 2 is 2.12 bits per heavy atom. The number of hydrogen-bond donors (Lipinski definition) is 0. The Balaban J connectivity index is 1.31. The minimum Gasteiger partial charge on any atom is -0.338 e. The lowest BCUT2D eigenvalue weighted by Gasteiger charge is -2.37. The molecular weight excluding hydrogens is 348 g/mol. The maximum atomic E-state index is 11.6. The molecule has 0 N–H and O–H groups in total. The molecule has 24 heavy (non-hydrogen) atoms. The van der Waals surface area contributed by atoms with E-state index in [2.05, 4.69) is 19.9 Å². The van der Waals surface area contributed by atoms with Crippen molar-refractivity contribution in [2.24, 2.45) is 0 Å². The second kappa shape index (κ2) is 6.55. The first-order valence-electron chi connectivity index (χ1n) is 8.12. The average molecular weight is 368 g/mol. The molecule has 9 heteroatoms. The Kier molecular flexibility index (Phi) is 4.42. The van der Waals surface area contributed by atoms with Gasteiger partial charge in [-0.05, 0) is 17.9 Å². The molecule has 0 bridgehead atoms. The Morgan fingerprint density at radius 3 is 2.79 bits per heavy atom. The van der Waals surface area contributed by atoms with Crippen molar-refractivity contribution in [1.29, 1.82) is 0 Å². The summed E-state index contributed by atoms with van der Waals surface area (Å²) in [6.45, 7) is 4.23. The van der Waals surface area contributed by atoms with Gasteiger partial charge in [-0.15, -0.1) is 11.3 Å². The van der Waals surface area contributed by atoms with Crippen LogP contribution in [0.3, 0.4) is 0 Å².